The van der Waals surface area contributed by atoms with Gasteiger partial charge in [0.2, 0.25) is 5.95 Å². The van der Waals surface area contributed by atoms with E-state index in [4.69, 9.17) is 0 Å². The highest BCUT2D eigenvalue weighted by Gasteiger charge is 2.11. The SMILES string of the molecule is Cc1cc(=O)[nH]c(NCCNC(=O)c2ccc(CN3CCCCC3)cc2)n1. The zero-order chi connectivity index (χ0) is 19.1. The molecule has 1 fully saturated rings. The van der Waals surface area contributed by atoms with E-state index in [-0.39, 0.29) is 11.5 Å². The number of hydrogen-bond donors (Lipinski definition) is 3. The number of piperidine rings is 1. The molecule has 0 spiro atoms. The minimum Gasteiger partial charge on any atom is -0.354 e. The summed E-state index contributed by atoms with van der Waals surface area (Å²) in [5.41, 5.74) is 2.35. The maximum absolute atomic E-state index is 12.2. The van der Waals surface area contributed by atoms with Gasteiger partial charge in [-0.15, -0.1) is 0 Å². The number of hydrogen-bond acceptors (Lipinski definition) is 5. The summed E-state index contributed by atoms with van der Waals surface area (Å²) in [4.78, 5) is 32.9. The van der Waals surface area contributed by atoms with E-state index in [0.29, 0.717) is 30.3 Å². The first-order chi connectivity index (χ1) is 13.1. The number of nitrogens with one attached hydrogen (secondary N) is 3. The van der Waals surface area contributed by atoms with Crippen molar-refractivity contribution in [2.24, 2.45) is 0 Å². The summed E-state index contributed by atoms with van der Waals surface area (Å²) in [6.45, 7) is 5.95. The molecule has 2 heterocycles. The lowest BCUT2D eigenvalue weighted by molar-refractivity contribution is 0.0955. The van der Waals surface area contributed by atoms with Crippen LogP contribution in [0, 0.1) is 6.92 Å². The van der Waals surface area contributed by atoms with Crippen LogP contribution in [0.2, 0.25) is 0 Å². The van der Waals surface area contributed by atoms with Crippen molar-refractivity contribution >= 4 is 11.9 Å². The molecule has 27 heavy (non-hydrogen) atoms. The molecule has 3 N–H and O–H groups in total. The van der Waals surface area contributed by atoms with Crippen LogP contribution >= 0.6 is 0 Å². The van der Waals surface area contributed by atoms with Gasteiger partial charge in [-0.25, -0.2) is 4.98 Å². The highest BCUT2D eigenvalue weighted by atomic mass is 16.1. The van der Waals surface area contributed by atoms with Crippen molar-refractivity contribution in [2.45, 2.75) is 32.7 Å². The number of amides is 1. The molecule has 7 nitrogen and oxygen atoms in total. The lowest BCUT2D eigenvalue weighted by Gasteiger charge is -2.26. The standard InChI is InChI=1S/C20H27N5O2/c1-15-13-18(26)24-20(23-15)22-10-9-21-19(27)17-7-5-16(6-8-17)14-25-11-3-2-4-12-25/h5-8,13H,2-4,9-12,14H2,1H3,(H,21,27)(H2,22,23,24,26). The highest BCUT2D eigenvalue weighted by Crippen LogP contribution is 2.13. The van der Waals surface area contributed by atoms with Crippen molar-refractivity contribution in [3.63, 3.8) is 0 Å². The fourth-order valence-corrected chi connectivity index (χ4v) is 3.26. The van der Waals surface area contributed by atoms with E-state index in [0.717, 1.165) is 19.6 Å². The fourth-order valence-electron chi connectivity index (χ4n) is 3.26. The molecule has 1 aromatic carbocycles. The molecule has 1 aromatic heterocycles. The Bertz CT molecular complexity index is 810. The molecule has 0 saturated carbocycles. The smallest absolute Gasteiger partial charge is 0.252 e. The summed E-state index contributed by atoms with van der Waals surface area (Å²) < 4.78 is 0. The Morgan fingerprint density at radius 3 is 2.59 bits per heavy atom. The van der Waals surface area contributed by atoms with Gasteiger partial charge < -0.3 is 10.6 Å². The van der Waals surface area contributed by atoms with E-state index >= 15 is 0 Å². The van der Waals surface area contributed by atoms with E-state index in [2.05, 4.69) is 25.5 Å². The van der Waals surface area contributed by atoms with Gasteiger partial charge in [0.1, 0.15) is 0 Å². The summed E-state index contributed by atoms with van der Waals surface area (Å²) in [5, 5.41) is 5.87. The molecular formula is C20H27N5O2. The highest BCUT2D eigenvalue weighted by molar-refractivity contribution is 5.94. The second-order valence-electron chi connectivity index (χ2n) is 6.95. The summed E-state index contributed by atoms with van der Waals surface area (Å²) in [6, 6.07) is 9.25. The Morgan fingerprint density at radius 1 is 1.15 bits per heavy atom. The number of likely N-dealkylation sites (tertiary alicyclic amines) is 1. The summed E-state index contributed by atoms with van der Waals surface area (Å²) >= 11 is 0. The van der Waals surface area contributed by atoms with Crippen molar-refractivity contribution in [3.05, 3.63) is 57.5 Å². The van der Waals surface area contributed by atoms with Crippen molar-refractivity contribution in [1.29, 1.82) is 0 Å². The molecule has 1 aliphatic heterocycles. The summed E-state index contributed by atoms with van der Waals surface area (Å²) in [6.07, 6.45) is 3.89. The number of H-pyrrole nitrogens is 1. The van der Waals surface area contributed by atoms with Crippen molar-refractivity contribution in [2.75, 3.05) is 31.5 Å². The quantitative estimate of drug-likeness (QED) is 0.649. The van der Waals surface area contributed by atoms with E-state index in [9.17, 15) is 9.59 Å². The maximum atomic E-state index is 12.2. The Hall–Kier alpha value is -2.67. The molecule has 3 rings (SSSR count). The third-order valence-corrected chi connectivity index (χ3v) is 4.64. The van der Waals surface area contributed by atoms with E-state index < -0.39 is 0 Å². The zero-order valence-corrected chi connectivity index (χ0v) is 15.8. The third-order valence-electron chi connectivity index (χ3n) is 4.64. The number of nitrogens with zero attached hydrogens (tertiary/aromatic N) is 2. The molecule has 0 unspecified atom stereocenters. The number of benzene rings is 1. The maximum Gasteiger partial charge on any atom is 0.252 e. The van der Waals surface area contributed by atoms with Gasteiger partial charge in [0.05, 0.1) is 0 Å². The Labute approximate surface area is 159 Å². The van der Waals surface area contributed by atoms with Gasteiger partial charge in [-0.2, -0.15) is 0 Å². The van der Waals surface area contributed by atoms with Crippen molar-refractivity contribution in [1.82, 2.24) is 20.2 Å². The average Bonchev–Trinajstić information content (AvgIpc) is 2.66. The van der Waals surface area contributed by atoms with Crippen LogP contribution in [-0.2, 0) is 6.54 Å². The molecule has 2 aromatic rings. The topological polar surface area (TPSA) is 90.1 Å². The van der Waals surface area contributed by atoms with Gasteiger partial charge >= 0.3 is 0 Å². The largest absolute Gasteiger partial charge is 0.354 e. The van der Waals surface area contributed by atoms with Gasteiger partial charge in [-0.1, -0.05) is 18.6 Å². The predicted octanol–water partition coefficient (Wildman–Crippen LogP) is 1.91. The Morgan fingerprint density at radius 2 is 1.89 bits per heavy atom. The van der Waals surface area contributed by atoms with Crippen molar-refractivity contribution < 1.29 is 4.79 Å². The molecule has 1 amide bonds. The lowest BCUT2D eigenvalue weighted by Crippen LogP contribution is -2.30. The van der Waals surface area contributed by atoms with Crippen LogP contribution in [0.1, 0.15) is 40.9 Å². The summed E-state index contributed by atoms with van der Waals surface area (Å²) in [7, 11) is 0. The number of rotatable bonds is 7. The van der Waals surface area contributed by atoms with Crippen LogP contribution in [-0.4, -0.2) is 47.0 Å². The Kier molecular flexibility index (Phi) is 6.59. The number of aryl methyl sites for hydroxylation is 1. The number of carbonyl (C=O) groups is 1. The zero-order valence-electron chi connectivity index (χ0n) is 15.8. The van der Waals surface area contributed by atoms with E-state index in [1.54, 1.807) is 6.92 Å². The first-order valence-corrected chi connectivity index (χ1v) is 9.51. The monoisotopic (exact) mass is 369 g/mol. The molecule has 0 atom stereocenters. The molecular weight excluding hydrogens is 342 g/mol. The molecule has 7 heteroatoms. The number of carbonyl (C=O) groups excluding carboxylic acids is 1. The molecule has 0 aliphatic carbocycles. The van der Waals surface area contributed by atoms with Crippen LogP contribution in [0.3, 0.4) is 0 Å². The van der Waals surface area contributed by atoms with E-state index in [1.165, 1.54) is 30.9 Å². The van der Waals surface area contributed by atoms with Crippen molar-refractivity contribution in [3.8, 4) is 0 Å². The second-order valence-corrected chi connectivity index (χ2v) is 6.95. The molecule has 0 radical (unpaired) electrons. The van der Waals surface area contributed by atoms with Gasteiger partial charge in [0.15, 0.2) is 0 Å². The van der Waals surface area contributed by atoms with E-state index in [1.807, 2.05) is 24.3 Å². The van der Waals surface area contributed by atoms with Gasteiger partial charge in [0, 0.05) is 37.0 Å². The second kappa shape index (κ2) is 9.32. The number of anilines is 1. The van der Waals surface area contributed by atoms with Crippen LogP contribution in [0.15, 0.2) is 35.1 Å². The molecule has 144 valence electrons. The van der Waals surface area contributed by atoms with Gasteiger partial charge in [0.25, 0.3) is 11.5 Å². The fraction of sp³-hybridized carbons (Fsp3) is 0.450. The predicted molar refractivity (Wildman–Crippen MR) is 106 cm³/mol. The van der Waals surface area contributed by atoms with Crippen LogP contribution in [0.5, 0.6) is 0 Å². The molecule has 1 saturated heterocycles. The van der Waals surface area contributed by atoms with Gasteiger partial charge in [-0.3, -0.25) is 19.5 Å². The van der Waals surface area contributed by atoms with Gasteiger partial charge in [-0.05, 0) is 50.6 Å². The Balaban J connectivity index is 1.43. The molecule has 1 aliphatic rings. The third kappa shape index (κ3) is 5.92. The first-order valence-electron chi connectivity index (χ1n) is 9.51. The number of aromatic nitrogens is 2. The van der Waals surface area contributed by atoms with Crippen LogP contribution in [0.25, 0.3) is 0 Å². The minimum absolute atomic E-state index is 0.105. The average molecular weight is 369 g/mol. The van der Waals surface area contributed by atoms with Crippen LogP contribution < -0.4 is 16.2 Å². The molecule has 0 bridgehead atoms. The number of aromatic amines is 1. The van der Waals surface area contributed by atoms with Crippen LogP contribution in [0.4, 0.5) is 5.95 Å². The summed E-state index contributed by atoms with van der Waals surface area (Å²) in [5.74, 6) is 0.309. The lowest BCUT2D eigenvalue weighted by atomic mass is 10.1. The minimum atomic E-state index is -0.196. The normalized spacial score (nSPS) is 14.7. The first kappa shape index (κ1) is 19.1.